The number of aliphatic hydroxyl groups excluding tert-OH is 1. The number of nitrogens with zero attached hydrogens (tertiary/aromatic N) is 1. The van der Waals surface area contributed by atoms with Crippen LogP contribution < -0.4 is 5.32 Å². The Kier molecular flexibility index (Phi) is 8.03. The highest BCUT2D eigenvalue weighted by atomic mass is 16.5. The maximum Gasteiger partial charge on any atom is 0.0702 e. The second-order valence-corrected chi connectivity index (χ2v) is 6.65. The fraction of sp³-hybridized carbons (Fsp3) is 1.00. The Morgan fingerprint density at radius 2 is 2.20 bits per heavy atom. The first-order valence-corrected chi connectivity index (χ1v) is 8.21. The van der Waals surface area contributed by atoms with Gasteiger partial charge in [-0.1, -0.05) is 20.8 Å². The Hall–Kier alpha value is -0.160. The van der Waals surface area contributed by atoms with E-state index in [1.54, 1.807) is 0 Å². The van der Waals surface area contributed by atoms with E-state index >= 15 is 0 Å². The van der Waals surface area contributed by atoms with E-state index in [2.05, 4.69) is 37.9 Å². The fourth-order valence-electron chi connectivity index (χ4n) is 3.04. The van der Waals surface area contributed by atoms with Crippen LogP contribution in [-0.2, 0) is 4.74 Å². The topological polar surface area (TPSA) is 44.7 Å². The maximum absolute atomic E-state index is 9.59. The molecule has 20 heavy (non-hydrogen) atoms. The summed E-state index contributed by atoms with van der Waals surface area (Å²) in [5, 5.41) is 13.1. The van der Waals surface area contributed by atoms with Crippen LogP contribution in [0, 0.1) is 0 Å². The van der Waals surface area contributed by atoms with Gasteiger partial charge in [0.15, 0.2) is 0 Å². The van der Waals surface area contributed by atoms with Gasteiger partial charge in [0.25, 0.3) is 0 Å². The molecular weight excluding hydrogens is 252 g/mol. The summed E-state index contributed by atoms with van der Waals surface area (Å²) < 4.78 is 5.71. The molecular formula is C16H34N2O2. The zero-order valence-corrected chi connectivity index (χ0v) is 13.8. The standard InChI is InChI=1S/C16H34N2O2/c1-5-18(12-15-8-6-11-20-15)10-7-9-16(4,13-19)17-14(2)3/h14-15,17,19H,5-13H2,1-4H3. The second kappa shape index (κ2) is 8.98. The number of hydrogen-bond donors (Lipinski definition) is 2. The summed E-state index contributed by atoms with van der Waals surface area (Å²) in [6, 6.07) is 0.404. The quantitative estimate of drug-likeness (QED) is 0.645. The molecule has 1 heterocycles. The lowest BCUT2D eigenvalue weighted by Crippen LogP contribution is -2.49. The van der Waals surface area contributed by atoms with Crippen molar-refractivity contribution in [2.45, 2.75) is 71.1 Å². The van der Waals surface area contributed by atoms with E-state index in [-0.39, 0.29) is 12.1 Å². The van der Waals surface area contributed by atoms with Crippen molar-refractivity contribution in [3.8, 4) is 0 Å². The van der Waals surface area contributed by atoms with Gasteiger partial charge in [-0.3, -0.25) is 0 Å². The maximum atomic E-state index is 9.59. The van der Waals surface area contributed by atoms with Gasteiger partial charge < -0.3 is 20.1 Å². The predicted molar refractivity (Wildman–Crippen MR) is 84.1 cm³/mol. The monoisotopic (exact) mass is 286 g/mol. The van der Waals surface area contributed by atoms with Crippen LogP contribution >= 0.6 is 0 Å². The van der Waals surface area contributed by atoms with Crippen LogP contribution in [0.4, 0.5) is 0 Å². The molecule has 1 saturated heterocycles. The number of nitrogens with one attached hydrogen (secondary N) is 1. The molecule has 0 aromatic carbocycles. The van der Waals surface area contributed by atoms with Crippen molar-refractivity contribution < 1.29 is 9.84 Å². The Morgan fingerprint density at radius 1 is 1.45 bits per heavy atom. The first kappa shape index (κ1) is 17.9. The third kappa shape index (κ3) is 6.53. The molecule has 0 aliphatic carbocycles. The number of ether oxygens (including phenoxy) is 1. The van der Waals surface area contributed by atoms with Crippen molar-refractivity contribution in [1.29, 1.82) is 0 Å². The zero-order valence-electron chi connectivity index (χ0n) is 13.8. The predicted octanol–water partition coefficient (Wildman–Crippen LogP) is 2.02. The minimum Gasteiger partial charge on any atom is -0.394 e. The molecule has 1 fully saturated rings. The Morgan fingerprint density at radius 3 is 2.70 bits per heavy atom. The molecule has 0 aromatic rings. The van der Waals surface area contributed by atoms with Crippen molar-refractivity contribution in [2.24, 2.45) is 0 Å². The average molecular weight is 286 g/mol. The molecule has 2 unspecified atom stereocenters. The average Bonchev–Trinajstić information content (AvgIpc) is 2.89. The number of likely N-dealkylation sites (N-methyl/N-ethyl adjacent to an activating group) is 1. The van der Waals surface area contributed by atoms with Crippen molar-refractivity contribution >= 4 is 0 Å². The van der Waals surface area contributed by atoms with Gasteiger partial charge in [0, 0.05) is 24.7 Å². The molecule has 4 nitrogen and oxygen atoms in total. The van der Waals surface area contributed by atoms with Crippen molar-refractivity contribution in [3.63, 3.8) is 0 Å². The van der Waals surface area contributed by atoms with Gasteiger partial charge in [-0.15, -0.1) is 0 Å². The van der Waals surface area contributed by atoms with Crippen LogP contribution in [-0.4, -0.2) is 60.5 Å². The molecule has 1 aliphatic rings. The van der Waals surface area contributed by atoms with Gasteiger partial charge >= 0.3 is 0 Å². The van der Waals surface area contributed by atoms with E-state index in [1.807, 2.05) is 0 Å². The Labute approximate surface area is 124 Å². The summed E-state index contributed by atoms with van der Waals surface area (Å²) in [5.74, 6) is 0. The normalized spacial score (nSPS) is 22.6. The minimum absolute atomic E-state index is 0.155. The third-order valence-electron chi connectivity index (χ3n) is 4.12. The molecule has 0 amide bonds. The van der Waals surface area contributed by atoms with Crippen molar-refractivity contribution in [1.82, 2.24) is 10.2 Å². The molecule has 0 spiro atoms. The van der Waals surface area contributed by atoms with Crippen molar-refractivity contribution in [2.75, 3.05) is 32.8 Å². The van der Waals surface area contributed by atoms with Crippen LogP contribution in [0.25, 0.3) is 0 Å². The van der Waals surface area contributed by atoms with E-state index in [4.69, 9.17) is 4.74 Å². The van der Waals surface area contributed by atoms with Gasteiger partial charge in [-0.25, -0.2) is 0 Å². The van der Waals surface area contributed by atoms with Crippen LogP contribution in [0.15, 0.2) is 0 Å². The molecule has 0 radical (unpaired) electrons. The van der Waals surface area contributed by atoms with Gasteiger partial charge in [-0.05, 0) is 45.7 Å². The molecule has 4 heteroatoms. The minimum atomic E-state index is -0.155. The second-order valence-electron chi connectivity index (χ2n) is 6.65. The lowest BCUT2D eigenvalue weighted by molar-refractivity contribution is 0.0723. The lowest BCUT2D eigenvalue weighted by atomic mass is 9.95. The van der Waals surface area contributed by atoms with Crippen LogP contribution in [0.2, 0.25) is 0 Å². The summed E-state index contributed by atoms with van der Waals surface area (Å²) >= 11 is 0. The highest BCUT2D eigenvalue weighted by molar-refractivity contribution is 4.84. The fourth-order valence-corrected chi connectivity index (χ4v) is 3.04. The van der Waals surface area contributed by atoms with Gasteiger partial charge in [0.05, 0.1) is 12.7 Å². The van der Waals surface area contributed by atoms with Crippen molar-refractivity contribution in [3.05, 3.63) is 0 Å². The Balaban J connectivity index is 2.28. The SMILES string of the molecule is CCN(CCCC(C)(CO)NC(C)C)CC1CCCO1. The summed E-state index contributed by atoms with van der Waals surface area (Å²) in [6.07, 6.45) is 4.97. The molecule has 1 aliphatic heterocycles. The third-order valence-corrected chi connectivity index (χ3v) is 4.12. The molecule has 2 N–H and O–H groups in total. The highest BCUT2D eigenvalue weighted by Gasteiger charge is 2.24. The summed E-state index contributed by atoms with van der Waals surface area (Å²) in [5.41, 5.74) is -0.155. The summed E-state index contributed by atoms with van der Waals surface area (Å²) in [4.78, 5) is 2.48. The van der Waals surface area contributed by atoms with Crippen LogP contribution in [0.3, 0.4) is 0 Å². The van der Waals surface area contributed by atoms with E-state index in [1.165, 1.54) is 12.8 Å². The van der Waals surface area contributed by atoms with Gasteiger partial charge in [0.1, 0.15) is 0 Å². The van der Waals surface area contributed by atoms with Gasteiger partial charge in [-0.2, -0.15) is 0 Å². The molecule has 0 saturated carbocycles. The smallest absolute Gasteiger partial charge is 0.0702 e. The lowest BCUT2D eigenvalue weighted by Gasteiger charge is -2.32. The largest absolute Gasteiger partial charge is 0.394 e. The molecule has 0 aromatic heterocycles. The molecule has 2 atom stereocenters. The first-order valence-electron chi connectivity index (χ1n) is 8.21. The van der Waals surface area contributed by atoms with E-state index in [9.17, 15) is 5.11 Å². The zero-order chi connectivity index (χ0) is 15.0. The van der Waals surface area contributed by atoms with E-state index in [0.29, 0.717) is 12.1 Å². The molecule has 1 rings (SSSR count). The van der Waals surface area contributed by atoms with E-state index in [0.717, 1.165) is 39.1 Å². The van der Waals surface area contributed by atoms with Crippen LogP contribution in [0.1, 0.15) is 53.4 Å². The van der Waals surface area contributed by atoms with Gasteiger partial charge in [0.2, 0.25) is 0 Å². The van der Waals surface area contributed by atoms with Crippen LogP contribution in [0.5, 0.6) is 0 Å². The number of rotatable bonds is 10. The number of aliphatic hydroxyl groups is 1. The highest BCUT2D eigenvalue weighted by Crippen LogP contribution is 2.16. The Bertz CT molecular complexity index is 255. The summed E-state index contributed by atoms with van der Waals surface area (Å²) in [6.45, 7) is 12.9. The first-order chi connectivity index (χ1) is 9.49. The molecule has 0 bridgehead atoms. The van der Waals surface area contributed by atoms with E-state index < -0.39 is 0 Å². The molecule has 120 valence electrons. The number of hydrogen-bond acceptors (Lipinski definition) is 4. The summed E-state index contributed by atoms with van der Waals surface area (Å²) in [7, 11) is 0.